The van der Waals surface area contributed by atoms with Crippen molar-refractivity contribution < 1.29 is 4.79 Å². The number of carbonyl (C=O) groups excluding carboxylic acids is 1. The zero-order valence-electron chi connectivity index (χ0n) is 16.4. The minimum Gasteiger partial charge on any atom is -0.342 e. The summed E-state index contributed by atoms with van der Waals surface area (Å²) in [6.45, 7) is 11.8. The van der Waals surface area contributed by atoms with Gasteiger partial charge in [-0.05, 0) is 38.7 Å². The highest BCUT2D eigenvalue weighted by molar-refractivity contribution is 5.81. The molecule has 0 aliphatic carbocycles. The summed E-state index contributed by atoms with van der Waals surface area (Å²) in [6, 6.07) is 2.25. The fourth-order valence-electron chi connectivity index (χ4n) is 3.51. The summed E-state index contributed by atoms with van der Waals surface area (Å²) in [5.41, 5.74) is 2.51. The third-order valence-corrected chi connectivity index (χ3v) is 4.82. The molecule has 1 fully saturated rings. The molecule has 3 heterocycles. The van der Waals surface area contributed by atoms with Crippen LogP contribution in [0.5, 0.6) is 0 Å². The van der Waals surface area contributed by atoms with Crippen molar-refractivity contribution in [1.29, 1.82) is 0 Å². The maximum absolute atomic E-state index is 12.5. The van der Waals surface area contributed by atoms with Gasteiger partial charge in [-0.1, -0.05) is 20.8 Å². The van der Waals surface area contributed by atoms with Gasteiger partial charge in [0.25, 0.3) is 0 Å². The van der Waals surface area contributed by atoms with Crippen molar-refractivity contribution in [2.75, 3.05) is 13.1 Å². The Hall–Kier alpha value is -2.24. The molecule has 3 rings (SSSR count). The lowest BCUT2D eigenvalue weighted by molar-refractivity contribution is -0.138. The molecule has 0 spiro atoms. The highest BCUT2D eigenvalue weighted by atomic mass is 16.2. The Bertz CT molecular complexity index is 775. The lowest BCUT2D eigenvalue weighted by Gasteiger charge is -2.25. The van der Waals surface area contributed by atoms with Gasteiger partial charge in [-0.3, -0.25) is 14.5 Å². The van der Waals surface area contributed by atoms with E-state index in [9.17, 15) is 4.79 Å². The fourth-order valence-corrected chi connectivity index (χ4v) is 3.51. The summed E-state index contributed by atoms with van der Waals surface area (Å²) < 4.78 is 1.97. The lowest BCUT2D eigenvalue weighted by Crippen LogP contribution is -2.38. The van der Waals surface area contributed by atoms with Crippen molar-refractivity contribution in [2.24, 2.45) is 11.3 Å². The molecule has 2 aromatic heterocycles. The topological polar surface area (TPSA) is 63.9 Å². The first kappa shape index (κ1) is 18.5. The molecule has 140 valence electrons. The quantitative estimate of drug-likeness (QED) is 0.843. The van der Waals surface area contributed by atoms with Crippen molar-refractivity contribution in [1.82, 2.24) is 24.6 Å². The minimum atomic E-state index is -0.316. The van der Waals surface area contributed by atoms with E-state index in [1.54, 1.807) is 12.4 Å². The van der Waals surface area contributed by atoms with Crippen molar-refractivity contribution in [3.63, 3.8) is 0 Å². The molecule has 0 saturated carbocycles. The third-order valence-electron chi connectivity index (χ3n) is 4.82. The molecule has 6 heteroatoms. The molecule has 0 radical (unpaired) electrons. The van der Waals surface area contributed by atoms with Gasteiger partial charge in [-0.2, -0.15) is 5.10 Å². The van der Waals surface area contributed by atoms with Gasteiger partial charge in [0, 0.05) is 36.9 Å². The molecule has 0 aromatic carbocycles. The van der Waals surface area contributed by atoms with Crippen LogP contribution in [0.1, 0.15) is 52.8 Å². The summed E-state index contributed by atoms with van der Waals surface area (Å²) in [5.74, 6) is 0.682. The smallest absolute Gasteiger partial charge is 0.227 e. The average Bonchev–Trinajstić information content (AvgIpc) is 3.22. The third kappa shape index (κ3) is 3.94. The first-order valence-electron chi connectivity index (χ1n) is 9.40. The van der Waals surface area contributed by atoms with Crippen LogP contribution in [0.15, 0.2) is 24.7 Å². The molecule has 1 amide bonds. The summed E-state index contributed by atoms with van der Waals surface area (Å²) >= 11 is 0. The van der Waals surface area contributed by atoms with Crippen molar-refractivity contribution in [3.05, 3.63) is 30.4 Å². The zero-order chi connectivity index (χ0) is 18.9. The predicted molar refractivity (Wildman–Crippen MR) is 101 cm³/mol. The first-order chi connectivity index (χ1) is 12.3. The van der Waals surface area contributed by atoms with Gasteiger partial charge in [-0.25, -0.2) is 4.98 Å². The molecule has 1 atom stereocenters. The van der Waals surface area contributed by atoms with E-state index in [-0.39, 0.29) is 17.4 Å². The Labute approximate surface area is 155 Å². The largest absolute Gasteiger partial charge is 0.342 e. The molecule has 0 bridgehead atoms. The Kier molecular flexibility index (Phi) is 5.12. The van der Waals surface area contributed by atoms with Gasteiger partial charge in [0.15, 0.2) is 0 Å². The van der Waals surface area contributed by atoms with E-state index in [0.29, 0.717) is 5.92 Å². The van der Waals surface area contributed by atoms with E-state index in [1.165, 1.54) is 0 Å². The first-order valence-corrected chi connectivity index (χ1v) is 9.40. The summed E-state index contributed by atoms with van der Waals surface area (Å²) in [5, 5.41) is 4.38. The van der Waals surface area contributed by atoms with Gasteiger partial charge >= 0.3 is 0 Å². The zero-order valence-corrected chi connectivity index (χ0v) is 16.4. The average molecular weight is 355 g/mol. The van der Waals surface area contributed by atoms with Crippen LogP contribution in [0.2, 0.25) is 0 Å². The van der Waals surface area contributed by atoms with Crippen LogP contribution in [-0.2, 0) is 11.2 Å². The molecular weight excluding hydrogens is 326 g/mol. The Morgan fingerprint density at radius 2 is 2.08 bits per heavy atom. The van der Waals surface area contributed by atoms with E-state index in [0.717, 1.165) is 43.0 Å². The van der Waals surface area contributed by atoms with Gasteiger partial charge in [0.05, 0.1) is 17.6 Å². The Morgan fingerprint density at radius 1 is 1.31 bits per heavy atom. The number of carbonyl (C=O) groups is 1. The predicted octanol–water partition coefficient (Wildman–Crippen LogP) is 3.36. The molecule has 6 nitrogen and oxygen atoms in total. The Morgan fingerprint density at radius 3 is 2.77 bits per heavy atom. The molecule has 1 aliphatic rings. The Balaban J connectivity index is 1.70. The maximum atomic E-state index is 12.5. The van der Waals surface area contributed by atoms with Crippen LogP contribution in [-0.4, -0.2) is 43.6 Å². The molecule has 1 aliphatic heterocycles. The number of nitrogens with zero attached hydrogens (tertiary/aromatic N) is 5. The maximum Gasteiger partial charge on any atom is 0.227 e. The number of aromatic nitrogens is 4. The van der Waals surface area contributed by atoms with Crippen molar-refractivity contribution >= 4 is 5.91 Å². The second kappa shape index (κ2) is 7.17. The van der Waals surface area contributed by atoms with Crippen LogP contribution < -0.4 is 0 Å². The van der Waals surface area contributed by atoms with E-state index < -0.39 is 0 Å². The van der Waals surface area contributed by atoms with E-state index in [4.69, 9.17) is 4.98 Å². The number of hydrogen-bond donors (Lipinski definition) is 0. The minimum absolute atomic E-state index is 0.237. The lowest BCUT2D eigenvalue weighted by atomic mass is 9.95. The van der Waals surface area contributed by atoms with E-state index in [2.05, 4.69) is 23.9 Å². The standard InChI is InChI=1S/C20H29N5O/c1-14(2)25-18(6-8-22-25)17-12-21-11-16(23-17)10-15-7-9-24(13-15)19(26)20(3,4)5/h6,8,11-12,14-15H,7,9-10,13H2,1-5H3/t15-/m0/s1. The summed E-state index contributed by atoms with van der Waals surface area (Å²) in [7, 11) is 0. The molecule has 0 N–H and O–H groups in total. The van der Waals surface area contributed by atoms with Crippen LogP contribution in [0.3, 0.4) is 0 Å². The van der Waals surface area contributed by atoms with E-state index in [1.807, 2.05) is 42.6 Å². The van der Waals surface area contributed by atoms with Crippen molar-refractivity contribution in [3.8, 4) is 11.4 Å². The highest BCUT2D eigenvalue weighted by Crippen LogP contribution is 2.26. The van der Waals surface area contributed by atoms with Crippen LogP contribution in [0.25, 0.3) is 11.4 Å². The monoisotopic (exact) mass is 355 g/mol. The normalized spacial score (nSPS) is 17.9. The molecule has 0 unspecified atom stereocenters. The van der Waals surface area contributed by atoms with Gasteiger partial charge in [-0.15, -0.1) is 0 Å². The van der Waals surface area contributed by atoms with Gasteiger partial charge in [0.1, 0.15) is 5.69 Å². The SMILES string of the molecule is CC(C)n1nccc1-c1cncc(C[C@@H]2CCN(C(=O)C(C)(C)C)C2)n1. The second-order valence-corrected chi connectivity index (χ2v) is 8.51. The molecule has 2 aromatic rings. The van der Waals surface area contributed by atoms with Gasteiger partial charge in [0.2, 0.25) is 5.91 Å². The summed E-state index contributed by atoms with van der Waals surface area (Å²) in [6.07, 6.45) is 7.32. The number of amides is 1. The van der Waals surface area contributed by atoms with Crippen molar-refractivity contribution in [2.45, 2.75) is 53.5 Å². The molecule has 26 heavy (non-hydrogen) atoms. The number of rotatable bonds is 4. The molecule has 1 saturated heterocycles. The fraction of sp³-hybridized carbons (Fsp3) is 0.600. The molecular formula is C20H29N5O. The number of likely N-dealkylation sites (tertiary alicyclic amines) is 1. The summed E-state index contributed by atoms with van der Waals surface area (Å²) in [4.78, 5) is 23.7. The van der Waals surface area contributed by atoms with Gasteiger partial charge < -0.3 is 4.90 Å². The highest BCUT2D eigenvalue weighted by Gasteiger charge is 2.32. The van der Waals surface area contributed by atoms with Crippen LogP contribution >= 0.6 is 0 Å². The van der Waals surface area contributed by atoms with E-state index >= 15 is 0 Å². The van der Waals surface area contributed by atoms with Crippen LogP contribution in [0.4, 0.5) is 0 Å². The van der Waals surface area contributed by atoms with Crippen LogP contribution in [0, 0.1) is 11.3 Å². The number of hydrogen-bond acceptors (Lipinski definition) is 4. The second-order valence-electron chi connectivity index (χ2n) is 8.51.